The number of guanidine groups is 1. The zero-order valence-electron chi connectivity index (χ0n) is 21.6. The number of fused-ring (bicyclic) bond motifs is 1. The summed E-state index contributed by atoms with van der Waals surface area (Å²) < 4.78 is 40.9. The van der Waals surface area contributed by atoms with Gasteiger partial charge in [-0.3, -0.25) is 15.1 Å². The van der Waals surface area contributed by atoms with Crippen LogP contribution in [0.4, 0.5) is 13.2 Å². The van der Waals surface area contributed by atoms with E-state index in [9.17, 15) is 18.0 Å². The minimum atomic E-state index is -4.43. The largest absolute Gasteiger partial charge is 0.416 e. The molecule has 1 unspecified atom stereocenters. The second-order valence-corrected chi connectivity index (χ2v) is 9.72. The van der Waals surface area contributed by atoms with Crippen LogP contribution in [0.15, 0.2) is 53.5 Å². The number of hydrogen-bond donors (Lipinski definition) is 5. The number of amides is 1. The van der Waals surface area contributed by atoms with E-state index in [2.05, 4.69) is 15.2 Å². The van der Waals surface area contributed by atoms with Crippen LogP contribution >= 0.6 is 0 Å². The van der Waals surface area contributed by atoms with Crippen molar-refractivity contribution in [2.24, 2.45) is 22.2 Å². The molecule has 1 fully saturated rings. The van der Waals surface area contributed by atoms with E-state index in [0.717, 1.165) is 49.9 Å². The molecule has 39 heavy (non-hydrogen) atoms. The fourth-order valence-corrected chi connectivity index (χ4v) is 4.97. The van der Waals surface area contributed by atoms with Gasteiger partial charge in [-0.2, -0.15) is 13.2 Å². The molecule has 1 aliphatic heterocycles. The molecule has 4 rings (SSSR count). The highest BCUT2D eigenvalue weighted by Gasteiger charge is 2.30. The van der Waals surface area contributed by atoms with Gasteiger partial charge < -0.3 is 27.1 Å². The van der Waals surface area contributed by atoms with Crippen molar-refractivity contribution >= 4 is 28.6 Å². The molecule has 0 radical (unpaired) electrons. The summed E-state index contributed by atoms with van der Waals surface area (Å²) in [6, 6.07) is 11.7. The summed E-state index contributed by atoms with van der Waals surface area (Å²) in [4.78, 5) is 20.0. The maximum absolute atomic E-state index is 13.5. The topological polar surface area (TPSA) is 152 Å². The van der Waals surface area contributed by atoms with Gasteiger partial charge in [0, 0.05) is 42.1 Å². The van der Waals surface area contributed by atoms with Gasteiger partial charge in [0.1, 0.15) is 17.7 Å². The van der Waals surface area contributed by atoms with Crippen LogP contribution in [0.5, 0.6) is 0 Å². The number of aliphatic imine (C=N–C) groups is 1. The molecule has 208 valence electrons. The summed E-state index contributed by atoms with van der Waals surface area (Å²) in [7, 11) is 0. The van der Waals surface area contributed by atoms with Crippen LogP contribution < -0.4 is 22.5 Å². The van der Waals surface area contributed by atoms with Crippen LogP contribution in [-0.4, -0.2) is 52.5 Å². The highest BCUT2D eigenvalue weighted by molar-refractivity contribution is 6.02. The number of amidine groups is 1. The SMILES string of the molecule is CCC(N=C(N)N)N1CCC(NC(=O)c2cc3ccc(C(=N)N)cc3n2Cc2ccc(C(F)(F)F)cc2)CC1. The standard InChI is InChI=1S/C27H33F3N8O/c1-2-23(36-26(33)34)37-11-9-20(10-12-37)35-25(39)22-13-17-5-6-18(24(31)32)14-21(17)38(22)15-16-3-7-19(8-4-16)27(28,29)30/h3-8,13-14,20,23H,2,9-12,15H2,1H3,(H3,31,32)(H,35,39)(H4,33,34,36). The number of nitrogen functional groups attached to an aromatic ring is 1. The Kier molecular flexibility index (Phi) is 8.14. The van der Waals surface area contributed by atoms with Gasteiger partial charge in [0.2, 0.25) is 0 Å². The van der Waals surface area contributed by atoms with E-state index in [4.69, 9.17) is 22.6 Å². The Labute approximate surface area is 224 Å². The number of nitrogens with zero attached hydrogens (tertiary/aromatic N) is 3. The van der Waals surface area contributed by atoms with Crippen LogP contribution in [0.1, 0.15) is 53.4 Å². The maximum atomic E-state index is 13.5. The number of alkyl halides is 3. The van der Waals surface area contributed by atoms with E-state index in [1.807, 2.05) is 6.92 Å². The molecule has 3 aromatic rings. The number of likely N-dealkylation sites (tertiary alicyclic amines) is 1. The van der Waals surface area contributed by atoms with Crippen molar-refractivity contribution < 1.29 is 18.0 Å². The summed E-state index contributed by atoms with van der Waals surface area (Å²) in [5, 5.41) is 11.7. The molecule has 2 heterocycles. The Balaban J connectivity index is 1.57. The van der Waals surface area contributed by atoms with Crippen molar-refractivity contribution in [1.29, 1.82) is 5.41 Å². The molecule has 2 aromatic carbocycles. The van der Waals surface area contributed by atoms with Gasteiger partial charge in [0.15, 0.2) is 5.96 Å². The molecular formula is C27H33F3N8O. The van der Waals surface area contributed by atoms with Crippen molar-refractivity contribution in [3.63, 3.8) is 0 Å². The first-order valence-corrected chi connectivity index (χ1v) is 12.7. The van der Waals surface area contributed by atoms with Gasteiger partial charge in [-0.25, -0.2) is 4.99 Å². The predicted octanol–water partition coefficient (Wildman–Crippen LogP) is 3.20. The second kappa shape index (κ2) is 11.4. The highest BCUT2D eigenvalue weighted by Crippen LogP contribution is 2.30. The summed E-state index contributed by atoms with van der Waals surface area (Å²) in [5.74, 6) is -0.355. The van der Waals surface area contributed by atoms with Crippen molar-refractivity contribution in [2.75, 3.05) is 13.1 Å². The van der Waals surface area contributed by atoms with Gasteiger partial charge >= 0.3 is 6.18 Å². The Morgan fingerprint density at radius 3 is 2.33 bits per heavy atom. The molecule has 1 saturated heterocycles. The van der Waals surface area contributed by atoms with E-state index in [1.165, 1.54) is 12.1 Å². The molecule has 1 amide bonds. The van der Waals surface area contributed by atoms with Crippen LogP contribution in [0.3, 0.4) is 0 Å². The second-order valence-electron chi connectivity index (χ2n) is 9.72. The van der Waals surface area contributed by atoms with Crippen LogP contribution in [-0.2, 0) is 12.7 Å². The molecule has 0 saturated carbocycles. The van der Waals surface area contributed by atoms with Gasteiger partial charge in [0.05, 0.1) is 5.56 Å². The number of carbonyl (C=O) groups is 1. The average Bonchev–Trinajstić information content (AvgIpc) is 3.25. The first-order valence-electron chi connectivity index (χ1n) is 12.7. The van der Waals surface area contributed by atoms with Crippen LogP contribution in [0.2, 0.25) is 0 Å². The zero-order valence-corrected chi connectivity index (χ0v) is 21.6. The Hall–Kier alpha value is -4.06. The van der Waals surface area contributed by atoms with Gasteiger partial charge in [-0.05, 0) is 49.1 Å². The molecular weight excluding hydrogens is 509 g/mol. The van der Waals surface area contributed by atoms with Gasteiger partial charge in [-0.15, -0.1) is 0 Å². The molecule has 1 aromatic heterocycles. The summed E-state index contributed by atoms with van der Waals surface area (Å²) in [6.45, 7) is 3.62. The molecule has 8 N–H and O–H groups in total. The maximum Gasteiger partial charge on any atom is 0.416 e. The van der Waals surface area contributed by atoms with E-state index in [1.54, 1.807) is 28.8 Å². The minimum Gasteiger partial charge on any atom is -0.384 e. The summed E-state index contributed by atoms with van der Waals surface area (Å²) in [6.07, 6.45) is -2.34. The third-order valence-corrected chi connectivity index (χ3v) is 7.02. The van der Waals surface area contributed by atoms with Gasteiger partial charge in [-0.1, -0.05) is 31.2 Å². The van der Waals surface area contributed by atoms with Crippen molar-refractivity contribution in [3.8, 4) is 0 Å². The number of aromatic nitrogens is 1. The number of piperidine rings is 1. The normalized spacial score (nSPS) is 15.7. The number of hydrogen-bond acceptors (Lipinski definition) is 4. The third kappa shape index (κ3) is 6.51. The minimum absolute atomic E-state index is 0.0473. The van der Waals surface area contributed by atoms with Crippen molar-refractivity contribution in [1.82, 2.24) is 14.8 Å². The van der Waals surface area contributed by atoms with Crippen molar-refractivity contribution in [2.45, 2.75) is 51.1 Å². The number of halogens is 3. The monoisotopic (exact) mass is 542 g/mol. The number of nitrogens with two attached hydrogens (primary N) is 3. The molecule has 12 heteroatoms. The average molecular weight is 543 g/mol. The van der Waals surface area contributed by atoms with Crippen molar-refractivity contribution in [3.05, 3.63) is 70.9 Å². The lowest BCUT2D eigenvalue weighted by Crippen LogP contribution is -2.48. The lowest BCUT2D eigenvalue weighted by molar-refractivity contribution is -0.137. The quantitative estimate of drug-likeness (QED) is 0.219. The molecule has 1 aliphatic rings. The molecule has 0 spiro atoms. The number of benzene rings is 2. The Morgan fingerprint density at radius 2 is 1.77 bits per heavy atom. The predicted molar refractivity (Wildman–Crippen MR) is 145 cm³/mol. The number of nitrogens with one attached hydrogen (secondary N) is 2. The number of rotatable bonds is 8. The Bertz CT molecular complexity index is 1370. The smallest absolute Gasteiger partial charge is 0.384 e. The van der Waals surface area contributed by atoms with E-state index in [0.29, 0.717) is 22.3 Å². The fraction of sp³-hybridized carbons (Fsp3) is 0.370. The number of carbonyl (C=O) groups excluding carboxylic acids is 1. The molecule has 0 aliphatic carbocycles. The Morgan fingerprint density at radius 1 is 1.10 bits per heavy atom. The van der Waals surface area contributed by atoms with E-state index < -0.39 is 11.7 Å². The first-order chi connectivity index (χ1) is 18.5. The van der Waals surface area contributed by atoms with Crippen LogP contribution in [0.25, 0.3) is 10.9 Å². The lowest BCUT2D eigenvalue weighted by atomic mass is 10.0. The van der Waals surface area contributed by atoms with E-state index in [-0.39, 0.29) is 36.5 Å². The third-order valence-electron chi connectivity index (χ3n) is 7.02. The fourth-order valence-electron chi connectivity index (χ4n) is 4.97. The summed E-state index contributed by atoms with van der Waals surface area (Å²) in [5.41, 5.74) is 18.2. The van der Waals surface area contributed by atoms with Gasteiger partial charge in [0.25, 0.3) is 5.91 Å². The molecule has 9 nitrogen and oxygen atoms in total. The zero-order chi connectivity index (χ0) is 28.3. The molecule has 0 bridgehead atoms. The lowest BCUT2D eigenvalue weighted by Gasteiger charge is -2.35. The molecule has 1 atom stereocenters. The first kappa shape index (κ1) is 28.0. The van der Waals surface area contributed by atoms with Crippen LogP contribution in [0, 0.1) is 5.41 Å². The summed E-state index contributed by atoms with van der Waals surface area (Å²) >= 11 is 0. The highest BCUT2D eigenvalue weighted by atomic mass is 19.4. The van der Waals surface area contributed by atoms with E-state index >= 15 is 0 Å².